The molecule has 0 unspecified atom stereocenters. The molecule has 0 aliphatic carbocycles. The molecule has 1 aromatic heterocycles. The summed E-state index contributed by atoms with van der Waals surface area (Å²) in [5.74, 6) is 0.0778. The van der Waals surface area contributed by atoms with Crippen molar-refractivity contribution in [1.29, 1.82) is 0 Å². The Labute approximate surface area is 201 Å². The molecule has 174 valence electrons. The maximum absolute atomic E-state index is 12.9. The summed E-state index contributed by atoms with van der Waals surface area (Å²) in [5.41, 5.74) is 3.68. The van der Waals surface area contributed by atoms with Crippen molar-refractivity contribution >= 4 is 23.2 Å². The minimum absolute atomic E-state index is 0.0686. The minimum Gasteiger partial charge on any atom is -0.369 e. The standard InChI is InChI=1S/C26H32ClN5O/c1-20(2)25-24(19-29-32(25)23-11-6-8-21(27)18-23)26(33)28-12-7-13-30-14-16-31(17-15-30)22-9-4-3-5-10-22/h3-6,8-11,18-20H,7,12-17H2,1-2H3,(H,28,33). The maximum Gasteiger partial charge on any atom is 0.254 e. The lowest BCUT2D eigenvalue weighted by molar-refractivity contribution is 0.0950. The number of hydrogen-bond donors (Lipinski definition) is 1. The topological polar surface area (TPSA) is 53.4 Å². The predicted molar refractivity (Wildman–Crippen MR) is 135 cm³/mol. The van der Waals surface area contributed by atoms with Gasteiger partial charge in [0.2, 0.25) is 0 Å². The average molecular weight is 466 g/mol. The fourth-order valence-corrected chi connectivity index (χ4v) is 4.55. The summed E-state index contributed by atoms with van der Waals surface area (Å²) < 4.78 is 1.82. The third-order valence-corrected chi connectivity index (χ3v) is 6.32. The zero-order valence-electron chi connectivity index (χ0n) is 19.4. The highest BCUT2D eigenvalue weighted by molar-refractivity contribution is 6.30. The fourth-order valence-electron chi connectivity index (χ4n) is 4.37. The van der Waals surface area contributed by atoms with Gasteiger partial charge in [0.1, 0.15) is 0 Å². The summed E-state index contributed by atoms with van der Waals surface area (Å²) in [5, 5.41) is 8.22. The van der Waals surface area contributed by atoms with Crippen LogP contribution in [0.3, 0.4) is 0 Å². The van der Waals surface area contributed by atoms with E-state index < -0.39 is 0 Å². The van der Waals surface area contributed by atoms with Crippen LogP contribution in [0.15, 0.2) is 60.8 Å². The first-order valence-corrected chi connectivity index (χ1v) is 12.0. The highest BCUT2D eigenvalue weighted by Gasteiger charge is 2.21. The monoisotopic (exact) mass is 465 g/mol. The molecule has 33 heavy (non-hydrogen) atoms. The number of para-hydroxylation sites is 1. The zero-order chi connectivity index (χ0) is 23.2. The lowest BCUT2D eigenvalue weighted by Gasteiger charge is -2.36. The van der Waals surface area contributed by atoms with Gasteiger partial charge in [0.15, 0.2) is 0 Å². The number of benzene rings is 2. The van der Waals surface area contributed by atoms with Crippen LogP contribution in [0.1, 0.15) is 42.2 Å². The van der Waals surface area contributed by atoms with Crippen molar-refractivity contribution in [2.75, 3.05) is 44.2 Å². The Morgan fingerprint density at radius 1 is 1.03 bits per heavy atom. The van der Waals surface area contributed by atoms with Gasteiger partial charge in [0.25, 0.3) is 5.91 Å². The molecule has 1 amide bonds. The van der Waals surface area contributed by atoms with Crippen LogP contribution in [0.2, 0.25) is 5.02 Å². The molecule has 0 radical (unpaired) electrons. The molecular weight excluding hydrogens is 434 g/mol. The molecule has 0 atom stereocenters. The molecule has 7 heteroatoms. The van der Waals surface area contributed by atoms with E-state index in [1.807, 2.05) is 28.9 Å². The first kappa shape index (κ1) is 23.3. The quantitative estimate of drug-likeness (QED) is 0.494. The number of carbonyl (C=O) groups excluding carboxylic acids is 1. The molecule has 1 fully saturated rings. The van der Waals surface area contributed by atoms with Crippen molar-refractivity contribution < 1.29 is 4.79 Å². The van der Waals surface area contributed by atoms with Crippen LogP contribution in [0.5, 0.6) is 0 Å². The molecule has 1 N–H and O–H groups in total. The number of anilines is 1. The number of amides is 1. The molecule has 4 rings (SSSR count). The summed E-state index contributed by atoms with van der Waals surface area (Å²) in [7, 11) is 0. The second kappa shape index (κ2) is 10.9. The van der Waals surface area contributed by atoms with Gasteiger partial charge >= 0.3 is 0 Å². The van der Waals surface area contributed by atoms with Gasteiger partial charge in [-0.25, -0.2) is 4.68 Å². The molecule has 0 spiro atoms. The number of carbonyl (C=O) groups is 1. The molecule has 1 aliphatic heterocycles. The molecule has 2 aromatic carbocycles. The van der Waals surface area contributed by atoms with E-state index in [0.717, 1.165) is 50.5 Å². The van der Waals surface area contributed by atoms with Gasteiger partial charge in [0.05, 0.1) is 23.1 Å². The second-order valence-corrected chi connectivity index (χ2v) is 9.20. The van der Waals surface area contributed by atoms with E-state index in [0.29, 0.717) is 17.1 Å². The van der Waals surface area contributed by atoms with Gasteiger partial charge in [0, 0.05) is 43.4 Å². The van der Waals surface area contributed by atoms with Crippen molar-refractivity contribution in [2.24, 2.45) is 0 Å². The Morgan fingerprint density at radius 3 is 2.45 bits per heavy atom. The average Bonchev–Trinajstić information content (AvgIpc) is 3.29. The van der Waals surface area contributed by atoms with E-state index in [4.69, 9.17) is 11.6 Å². The van der Waals surface area contributed by atoms with Crippen molar-refractivity contribution in [1.82, 2.24) is 20.0 Å². The molecule has 0 saturated carbocycles. The number of piperazine rings is 1. The van der Waals surface area contributed by atoms with Crippen LogP contribution in [0.4, 0.5) is 5.69 Å². The van der Waals surface area contributed by atoms with Crippen LogP contribution >= 0.6 is 11.6 Å². The molecule has 1 aliphatic rings. The largest absolute Gasteiger partial charge is 0.369 e. The minimum atomic E-state index is -0.0686. The van der Waals surface area contributed by atoms with Gasteiger partial charge < -0.3 is 10.2 Å². The number of hydrogen-bond acceptors (Lipinski definition) is 4. The maximum atomic E-state index is 12.9. The normalized spacial score (nSPS) is 14.6. The smallest absolute Gasteiger partial charge is 0.254 e. The Kier molecular flexibility index (Phi) is 7.68. The van der Waals surface area contributed by atoms with Crippen LogP contribution < -0.4 is 10.2 Å². The number of nitrogens with one attached hydrogen (secondary N) is 1. The van der Waals surface area contributed by atoms with Crippen molar-refractivity contribution in [2.45, 2.75) is 26.2 Å². The lowest BCUT2D eigenvalue weighted by Crippen LogP contribution is -2.47. The third kappa shape index (κ3) is 5.75. The summed E-state index contributed by atoms with van der Waals surface area (Å²) in [6.45, 7) is 9.96. The molecular formula is C26H32ClN5O. The molecule has 2 heterocycles. The van der Waals surface area contributed by atoms with Crippen LogP contribution in [-0.4, -0.2) is 59.9 Å². The van der Waals surface area contributed by atoms with Gasteiger partial charge in [-0.3, -0.25) is 9.69 Å². The Hall–Kier alpha value is -2.83. The van der Waals surface area contributed by atoms with E-state index >= 15 is 0 Å². The van der Waals surface area contributed by atoms with Gasteiger partial charge in [-0.05, 0) is 49.2 Å². The first-order chi connectivity index (χ1) is 16.0. The molecule has 1 saturated heterocycles. The van der Waals surface area contributed by atoms with E-state index in [-0.39, 0.29) is 11.8 Å². The number of aromatic nitrogens is 2. The van der Waals surface area contributed by atoms with Crippen LogP contribution in [0, 0.1) is 0 Å². The number of halogens is 1. The zero-order valence-corrected chi connectivity index (χ0v) is 20.1. The highest BCUT2D eigenvalue weighted by atomic mass is 35.5. The summed E-state index contributed by atoms with van der Waals surface area (Å²) in [4.78, 5) is 17.8. The van der Waals surface area contributed by atoms with Gasteiger partial charge in [-0.15, -0.1) is 0 Å². The SMILES string of the molecule is CC(C)c1c(C(=O)NCCCN2CCN(c3ccccc3)CC2)cnn1-c1cccc(Cl)c1. The predicted octanol–water partition coefficient (Wildman–Crippen LogP) is 4.59. The van der Waals surface area contributed by atoms with E-state index in [1.165, 1.54) is 5.69 Å². The highest BCUT2D eigenvalue weighted by Crippen LogP contribution is 2.24. The Bertz CT molecular complexity index is 1060. The summed E-state index contributed by atoms with van der Waals surface area (Å²) in [6, 6.07) is 18.1. The Morgan fingerprint density at radius 2 is 1.76 bits per heavy atom. The summed E-state index contributed by atoms with van der Waals surface area (Å²) in [6.07, 6.45) is 2.59. The first-order valence-electron chi connectivity index (χ1n) is 11.7. The number of rotatable bonds is 8. The van der Waals surface area contributed by atoms with Crippen molar-refractivity contribution in [3.8, 4) is 5.69 Å². The second-order valence-electron chi connectivity index (χ2n) is 8.76. The van der Waals surface area contributed by atoms with E-state index in [1.54, 1.807) is 6.20 Å². The van der Waals surface area contributed by atoms with E-state index in [2.05, 4.69) is 64.4 Å². The van der Waals surface area contributed by atoms with Crippen molar-refractivity contribution in [3.63, 3.8) is 0 Å². The van der Waals surface area contributed by atoms with Crippen LogP contribution in [0.25, 0.3) is 5.69 Å². The molecule has 0 bridgehead atoms. The third-order valence-electron chi connectivity index (χ3n) is 6.08. The summed E-state index contributed by atoms with van der Waals surface area (Å²) >= 11 is 6.16. The fraction of sp³-hybridized carbons (Fsp3) is 0.385. The lowest BCUT2D eigenvalue weighted by atomic mass is 10.0. The van der Waals surface area contributed by atoms with Crippen LogP contribution in [-0.2, 0) is 0 Å². The van der Waals surface area contributed by atoms with Gasteiger partial charge in [-0.1, -0.05) is 49.7 Å². The molecule has 6 nitrogen and oxygen atoms in total. The van der Waals surface area contributed by atoms with E-state index in [9.17, 15) is 4.79 Å². The van der Waals surface area contributed by atoms with Crippen molar-refractivity contribution in [3.05, 3.63) is 77.1 Å². The Balaban J connectivity index is 1.27. The number of nitrogens with zero attached hydrogens (tertiary/aromatic N) is 4. The van der Waals surface area contributed by atoms with Gasteiger partial charge in [-0.2, -0.15) is 5.10 Å². The molecule has 3 aromatic rings.